The lowest BCUT2D eigenvalue weighted by molar-refractivity contribution is 0.249. The first kappa shape index (κ1) is 18.2. The molecule has 0 aliphatic heterocycles. The molecule has 0 spiro atoms. The van der Waals surface area contributed by atoms with E-state index in [-0.39, 0.29) is 11.3 Å². The number of aromatic nitrogens is 2. The van der Waals surface area contributed by atoms with Crippen molar-refractivity contribution in [3.8, 4) is 0 Å². The van der Waals surface area contributed by atoms with Gasteiger partial charge in [0.2, 0.25) is 5.56 Å². The molecule has 0 saturated heterocycles. The predicted octanol–water partition coefficient (Wildman–Crippen LogP) is 3.29. The van der Waals surface area contributed by atoms with Crippen molar-refractivity contribution in [3.63, 3.8) is 0 Å². The van der Waals surface area contributed by atoms with Gasteiger partial charge in [-0.3, -0.25) is 9.78 Å². The van der Waals surface area contributed by atoms with Gasteiger partial charge < -0.3 is 15.6 Å². The van der Waals surface area contributed by atoms with Gasteiger partial charge in [0.25, 0.3) is 0 Å². The van der Waals surface area contributed by atoms with Crippen molar-refractivity contribution in [3.05, 3.63) is 93.9 Å². The number of benzene rings is 1. The molecule has 2 aromatic heterocycles. The second-order valence-electron chi connectivity index (χ2n) is 5.72. The number of H-pyrrole nitrogens is 1. The lowest BCUT2D eigenvalue weighted by atomic mass is 10.0. The van der Waals surface area contributed by atoms with Crippen molar-refractivity contribution in [1.82, 2.24) is 15.3 Å². The zero-order valence-corrected chi connectivity index (χ0v) is 14.1. The van der Waals surface area contributed by atoms with Crippen LogP contribution in [-0.4, -0.2) is 16.0 Å². The van der Waals surface area contributed by atoms with Crippen molar-refractivity contribution in [1.29, 1.82) is 0 Å². The van der Waals surface area contributed by atoms with E-state index in [2.05, 4.69) is 20.6 Å². The van der Waals surface area contributed by atoms with Crippen LogP contribution in [0.4, 0.5) is 19.3 Å². The molecule has 3 rings (SSSR count). The Hall–Kier alpha value is -3.55. The van der Waals surface area contributed by atoms with Gasteiger partial charge in [0.05, 0.1) is 5.69 Å². The molecule has 3 N–H and O–H groups in total. The van der Waals surface area contributed by atoms with Gasteiger partial charge in [0, 0.05) is 18.5 Å². The molecule has 0 unspecified atom stereocenters. The summed E-state index contributed by atoms with van der Waals surface area (Å²) in [5.74, 6) is -0.582. The van der Waals surface area contributed by atoms with Crippen LogP contribution >= 0.6 is 0 Å². The van der Waals surface area contributed by atoms with Crippen LogP contribution in [0.3, 0.4) is 0 Å². The first-order valence-electron chi connectivity index (χ1n) is 8.08. The van der Waals surface area contributed by atoms with E-state index in [4.69, 9.17) is 0 Å². The van der Waals surface area contributed by atoms with Crippen LogP contribution in [0.5, 0.6) is 0 Å². The number of urea groups is 1. The number of carbonyl (C=O) groups excluding carboxylic acids is 1. The highest BCUT2D eigenvalue weighted by molar-refractivity contribution is 5.89. The molecule has 0 aliphatic carbocycles. The zero-order chi connectivity index (χ0) is 19.2. The molecule has 0 radical (unpaired) electrons. The van der Waals surface area contributed by atoms with Crippen LogP contribution in [0, 0.1) is 5.82 Å². The van der Waals surface area contributed by atoms with Crippen molar-refractivity contribution in [2.75, 3.05) is 5.32 Å². The fraction of sp³-hybridized carbons (Fsp3) is 0.105. The van der Waals surface area contributed by atoms with Crippen molar-refractivity contribution in [2.24, 2.45) is 0 Å². The van der Waals surface area contributed by atoms with E-state index in [1.165, 1.54) is 36.7 Å². The third-order valence-electron chi connectivity index (χ3n) is 3.85. The molecule has 2 heterocycles. The van der Waals surface area contributed by atoms with Crippen molar-refractivity contribution < 1.29 is 13.6 Å². The van der Waals surface area contributed by atoms with Crippen LogP contribution in [0.25, 0.3) is 0 Å². The number of pyridine rings is 2. The molecule has 0 bridgehead atoms. The fourth-order valence-corrected chi connectivity index (χ4v) is 2.51. The van der Waals surface area contributed by atoms with E-state index in [0.29, 0.717) is 16.8 Å². The second kappa shape index (κ2) is 8.22. The highest BCUT2D eigenvalue weighted by atomic mass is 19.1. The monoisotopic (exact) mass is 370 g/mol. The quantitative estimate of drug-likeness (QED) is 0.644. The molecular weight excluding hydrogens is 354 g/mol. The Morgan fingerprint density at radius 2 is 1.93 bits per heavy atom. The van der Waals surface area contributed by atoms with Gasteiger partial charge in [0.15, 0.2) is 0 Å². The summed E-state index contributed by atoms with van der Waals surface area (Å²) in [6.45, 7) is -0.622. The van der Waals surface area contributed by atoms with E-state index < -0.39 is 24.6 Å². The summed E-state index contributed by atoms with van der Waals surface area (Å²) in [4.78, 5) is 29.9. The predicted molar refractivity (Wildman–Crippen MR) is 96.5 cm³/mol. The lowest BCUT2D eigenvalue weighted by Crippen LogP contribution is -2.34. The minimum Gasteiger partial charge on any atom is -0.327 e. The minimum absolute atomic E-state index is 0.0297. The van der Waals surface area contributed by atoms with Crippen molar-refractivity contribution >= 4 is 11.7 Å². The number of halogens is 2. The van der Waals surface area contributed by atoms with E-state index >= 15 is 0 Å². The number of aromatic amines is 1. The normalized spacial score (nSPS) is 11.6. The number of hydrogen-bond donors (Lipinski definition) is 3. The SMILES string of the molecule is O=C(Nc1ccc(=O)[nH]c1)N[C@@H](c1ccc(CF)cc1)c1ncccc1F. The molecule has 3 aromatic rings. The molecule has 138 valence electrons. The third kappa shape index (κ3) is 4.55. The maximum atomic E-state index is 14.3. The topological polar surface area (TPSA) is 86.9 Å². The maximum Gasteiger partial charge on any atom is 0.320 e. The molecule has 0 fully saturated rings. The van der Waals surface area contributed by atoms with Gasteiger partial charge in [-0.1, -0.05) is 24.3 Å². The largest absolute Gasteiger partial charge is 0.327 e. The average Bonchev–Trinajstić information content (AvgIpc) is 2.69. The number of hydrogen-bond acceptors (Lipinski definition) is 3. The Bertz CT molecular complexity index is 969. The Morgan fingerprint density at radius 3 is 2.56 bits per heavy atom. The Balaban J connectivity index is 1.87. The number of alkyl halides is 1. The van der Waals surface area contributed by atoms with Gasteiger partial charge in [-0.05, 0) is 29.3 Å². The van der Waals surface area contributed by atoms with E-state index in [1.54, 1.807) is 24.3 Å². The van der Waals surface area contributed by atoms with Crippen LogP contribution in [0.1, 0.15) is 22.9 Å². The first-order valence-corrected chi connectivity index (χ1v) is 8.08. The summed E-state index contributed by atoms with van der Waals surface area (Å²) in [5, 5.41) is 5.20. The first-order chi connectivity index (χ1) is 13.1. The minimum atomic E-state index is -0.886. The highest BCUT2D eigenvalue weighted by Crippen LogP contribution is 2.23. The number of amides is 2. The molecule has 1 aromatic carbocycles. The zero-order valence-electron chi connectivity index (χ0n) is 14.1. The number of carbonyl (C=O) groups is 1. The molecule has 1 atom stereocenters. The van der Waals surface area contributed by atoms with Crippen molar-refractivity contribution in [2.45, 2.75) is 12.7 Å². The van der Waals surface area contributed by atoms with Gasteiger partial charge >= 0.3 is 6.03 Å². The molecular formula is C19H16F2N4O2. The molecule has 0 aliphatic rings. The summed E-state index contributed by atoms with van der Waals surface area (Å²) in [7, 11) is 0. The van der Waals surface area contributed by atoms with Gasteiger partial charge in [-0.15, -0.1) is 0 Å². The molecule has 2 amide bonds. The van der Waals surface area contributed by atoms with Crippen LogP contribution < -0.4 is 16.2 Å². The van der Waals surface area contributed by atoms with Gasteiger partial charge in [0.1, 0.15) is 24.2 Å². The molecule has 0 saturated carbocycles. The van der Waals surface area contributed by atoms with Crippen LogP contribution in [-0.2, 0) is 6.67 Å². The number of rotatable bonds is 5. The average molecular weight is 370 g/mol. The van der Waals surface area contributed by atoms with E-state index in [9.17, 15) is 18.4 Å². The maximum absolute atomic E-state index is 14.3. The smallest absolute Gasteiger partial charge is 0.320 e. The lowest BCUT2D eigenvalue weighted by Gasteiger charge is -2.20. The number of anilines is 1. The number of nitrogens with one attached hydrogen (secondary N) is 3. The second-order valence-corrected chi connectivity index (χ2v) is 5.72. The number of nitrogens with zero attached hydrogens (tertiary/aromatic N) is 1. The summed E-state index contributed by atoms with van der Waals surface area (Å²) >= 11 is 0. The van der Waals surface area contributed by atoms with Crippen LogP contribution in [0.15, 0.2) is 65.7 Å². The summed E-state index contributed by atoms with van der Waals surface area (Å²) in [6, 6.07) is 10.2. The highest BCUT2D eigenvalue weighted by Gasteiger charge is 2.21. The Labute approximate surface area is 153 Å². The summed E-state index contributed by atoms with van der Waals surface area (Å²) < 4.78 is 27.0. The Kier molecular flexibility index (Phi) is 5.55. The third-order valence-corrected chi connectivity index (χ3v) is 3.85. The standard InChI is InChI=1S/C19H16F2N4O2/c20-10-12-3-5-13(6-4-12)17(18-15(21)2-1-9-22-18)25-19(27)24-14-7-8-16(26)23-11-14/h1-9,11,17H,10H2,(H,23,26)(H2,24,25,27)/t17-/m0/s1. The fourth-order valence-electron chi connectivity index (χ4n) is 2.51. The summed E-state index contributed by atoms with van der Waals surface area (Å²) in [6.07, 6.45) is 2.76. The van der Waals surface area contributed by atoms with Crippen LogP contribution in [0.2, 0.25) is 0 Å². The molecule has 27 heavy (non-hydrogen) atoms. The summed E-state index contributed by atoms with van der Waals surface area (Å²) in [5.41, 5.74) is 1.10. The van der Waals surface area contributed by atoms with Gasteiger partial charge in [-0.25, -0.2) is 13.6 Å². The van der Waals surface area contributed by atoms with E-state index in [1.807, 2.05) is 0 Å². The molecule has 6 nitrogen and oxygen atoms in total. The molecule has 8 heteroatoms. The van der Waals surface area contributed by atoms with E-state index in [0.717, 1.165) is 0 Å². The Morgan fingerprint density at radius 1 is 1.15 bits per heavy atom. The van der Waals surface area contributed by atoms with Gasteiger partial charge in [-0.2, -0.15) is 0 Å².